The van der Waals surface area contributed by atoms with Crippen LogP contribution in [0.2, 0.25) is 0 Å². The Balaban J connectivity index is 4.04. The van der Waals surface area contributed by atoms with Crippen LogP contribution in [0.25, 0.3) is 0 Å². The molecule has 8 heteroatoms. The second kappa shape index (κ2) is 4.20. The summed E-state index contributed by atoms with van der Waals surface area (Å²) in [6, 6.07) is 0. The standard InChI is InChI=1S/C4H9N2O5P/c5-3(2-12(9,10)11)6-1-4(7)8/h1-2H2,(H2,5,6)(H,7,8)(H2,9,10,11). The molecule has 0 aliphatic heterocycles. The van der Waals surface area contributed by atoms with E-state index in [-0.39, 0.29) is 5.84 Å². The molecule has 0 radical (unpaired) electrons. The third kappa shape index (κ3) is 7.20. The van der Waals surface area contributed by atoms with Crippen LogP contribution in [0.3, 0.4) is 0 Å². The molecule has 0 amide bonds. The first-order chi connectivity index (χ1) is 5.31. The largest absolute Gasteiger partial charge is 0.480 e. The molecule has 70 valence electrons. The van der Waals surface area contributed by atoms with Crippen molar-refractivity contribution in [1.82, 2.24) is 0 Å². The molecule has 0 aromatic heterocycles. The quantitative estimate of drug-likeness (QED) is 0.248. The Morgan fingerprint density at radius 2 is 2.00 bits per heavy atom. The molecular weight excluding hydrogens is 187 g/mol. The lowest BCUT2D eigenvalue weighted by Gasteiger charge is -2.01. The summed E-state index contributed by atoms with van der Waals surface area (Å²) in [6.07, 6.45) is -0.708. The molecule has 0 atom stereocenters. The zero-order valence-electron chi connectivity index (χ0n) is 6.04. The molecule has 0 aromatic rings. The summed E-state index contributed by atoms with van der Waals surface area (Å²) >= 11 is 0. The molecule has 0 rings (SSSR count). The van der Waals surface area contributed by atoms with Crippen LogP contribution in [0.4, 0.5) is 0 Å². The van der Waals surface area contributed by atoms with Crippen molar-refractivity contribution in [2.24, 2.45) is 10.7 Å². The molecule has 0 aliphatic rings. The summed E-state index contributed by atoms with van der Waals surface area (Å²) in [5.41, 5.74) is 5.00. The Hall–Kier alpha value is -0.910. The lowest BCUT2D eigenvalue weighted by Crippen LogP contribution is -2.18. The molecule has 0 heterocycles. The van der Waals surface area contributed by atoms with Crippen molar-refractivity contribution >= 4 is 19.4 Å². The first-order valence-electron chi connectivity index (χ1n) is 2.86. The minimum Gasteiger partial charge on any atom is -0.480 e. The van der Waals surface area contributed by atoms with Crippen LogP contribution >= 0.6 is 7.60 Å². The fraction of sp³-hybridized carbons (Fsp3) is 0.500. The van der Waals surface area contributed by atoms with Crippen LogP contribution in [-0.2, 0) is 9.36 Å². The Morgan fingerprint density at radius 3 is 2.33 bits per heavy atom. The molecule has 0 bridgehead atoms. The van der Waals surface area contributed by atoms with E-state index in [0.29, 0.717) is 0 Å². The van der Waals surface area contributed by atoms with Crippen LogP contribution in [0, 0.1) is 0 Å². The summed E-state index contributed by atoms with van der Waals surface area (Å²) in [5, 5.41) is 8.10. The Bertz CT molecular complexity index is 244. The van der Waals surface area contributed by atoms with Crippen molar-refractivity contribution in [2.45, 2.75) is 0 Å². The fourth-order valence-corrected chi connectivity index (χ4v) is 0.952. The first kappa shape index (κ1) is 11.1. The summed E-state index contributed by atoms with van der Waals surface area (Å²) in [7, 11) is -4.23. The van der Waals surface area contributed by atoms with Gasteiger partial charge in [-0.15, -0.1) is 0 Å². The van der Waals surface area contributed by atoms with Gasteiger partial charge in [-0.1, -0.05) is 0 Å². The molecule has 0 saturated heterocycles. The number of aliphatic imine (C=N–C) groups is 1. The maximum Gasteiger partial charge on any atom is 0.333 e. The first-order valence-corrected chi connectivity index (χ1v) is 4.66. The maximum atomic E-state index is 10.3. The number of aliphatic carboxylic acids is 1. The predicted molar refractivity (Wildman–Crippen MR) is 41.0 cm³/mol. The molecular formula is C4H9N2O5P. The van der Waals surface area contributed by atoms with Crippen LogP contribution in [0.5, 0.6) is 0 Å². The Morgan fingerprint density at radius 1 is 1.50 bits per heavy atom. The lowest BCUT2D eigenvalue weighted by molar-refractivity contribution is -0.135. The van der Waals surface area contributed by atoms with Gasteiger partial charge in [-0.3, -0.25) is 14.4 Å². The Labute approximate surface area is 68.1 Å². The summed E-state index contributed by atoms with van der Waals surface area (Å²) in [4.78, 5) is 29.8. The molecule has 7 nitrogen and oxygen atoms in total. The van der Waals surface area contributed by atoms with Crippen molar-refractivity contribution in [3.05, 3.63) is 0 Å². The van der Waals surface area contributed by atoms with E-state index in [1.165, 1.54) is 0 Å². The van der Waals surface area contributed by atoms with Gasteiger partial charge >= 0.3 is 13.6 Å². The van der Waals surface area contributed by atoms with Crippen LogP contribution in [0.15, 0.2) is 4.99 Å². The number of hydrogen-bond donors (Lipinski definition) is 4. The lowest BCUT2D eigenvalue weighted by atomic mass is 10.6. The SMILES string of the molecule is NC(CP(=O)(O)O)=NCC(=O)O. The molecule has 0 aliphatic carbocycles. The van der Waals surface area contributed by atoms with Crippen molar-refractivity contribution in [3.63, 3.8) is 0 Å². The predicted octanol–water partition coefficient (Wildman–Crippen LogP) is -1.39. The van der Waals surface area contributed by atoms with Gasteiger partial charge in [0.05, 0.1) is 0 Å². The molecule has 12 heavy (non-hydrogen) atoms. The molecule has 0 unspecified atom stereocenters. The summed E-state index contributed by atoms with van der Waals surface area (Å²) < 4.78 is 10.3. The van der Waals surface area contributed by atoms with E-state index < -0.39 is 26.3 Å². The number of amidine groups is 1. The molecule has 0 saturated carbocycles. The topological polar surface area (TPSA) is 133 Å². The highest BCUT2D eigenvalue weighted by molar-refractivity contribution is 7.52. The van der Waals surface area contributed by atoms with Crippen molar-refractivity contribution in [2.75, 3.05) is 12.7 Å². The average molecular weight is 196 g/mol. The third-order valence-corrected chi connectivity index (χ3v) is 1.52. The molecule has 0 aromatic carbocycles. The van der Waals surface area contributed by atoms with Gasteiger partial charge in [0.2, 0.25) is 0 Å². The van der Waals surface area contributed by atoms with Gasteiger partial charge in [-0.05, 0) is 0 Å². The normalized spacial score (nSPS) is 13.0. The van der Waals surface area contributed by atoms with Gasteiger partial charge in [-0.25, -0.2) is 0 Å². The summed E-state index contributed by atoms with van der Waals surface area (Å²) in [6.45, 7) is -0.578. The van der Waals surface area contributed by atoms with E-state index in [1.807, 2.05) is 0 Å². The molecule has 0 spiro atoms. The monoisotopic (exact) mass is 196 g/mol. The van der Waals surface area contributed by atoms with E-state index >= 15 is 0 Å². The maximum absolute atomic E-state index is 10.3. The smallest absolute Gasteiger partial charge is 0.333 e. The van der Waals surface area contributed by atoms with Gasteiger partial charge in [0.1, 0.15) is 18.5 Å². The zero-order valence-corrected chi connectivity index (χ0v) is 6.94. The van der Waals surface area contributed by atoms with Crippen molar-refractivity contribution < 1.29 is 24.3 Å². The minimum absolute atomic E-state index is 0.356. The van der Waals surface area contributed by atoms with E-state index in [4.69, 9.17) is 20.6 Å². The number of carboxylic acid groups (broad SMARTS) is 1. The number of rotatable bonds is 4. The van der Waals surface area contributed by atoms with E-state index in [0.717, 1.165) is 0 Å². The molecule has 0 fully saturated rings. The number of carboxylic acids is 1. The van der Waals surface area contributed by atoms with Crippen LogP contribution < -0.4 is 5.73 Å². The van der Waals surface area contributed by atoms with Crippen LogP contribution in [-0.4, -0.2) is 39.4 Å². The van der Waals surface area contributed by atoms with Crippen molar-refractivity contribution in [3.8, 4) is 0 Å². The number of nitrogens with zero attached hydrogens (tertiary/aromatic N) is 1. The van der Waals surface area contributed by atoms with Gasteiger partial charge in [0.25, 0.3) is 0 Å². The molecule has 5 N–H and O–H groups in total. The zero-order chi connectivity index (χ0) is 9.78. The second-order valence-electron chi connectivity index (χ2n) is 2.02. The number of hydrogen-bond acceptors (Lipinski definition) is 3. The van der Waals surface area contributed by atoms with Crippen LogP contribution in [0.1, 0.15) is 0 Å². The van der Waals surface area contributed by atoms with Gasteiger partial charge < -0.3 is 20.6 Å². The minimum atomic E-state index is -4.23. The second-order valence-corrected chi connectivity index (χ2v) is 3.67. The number of nitrogens with two attached hydrogens (primary N) is 1. The van der Waals surface area contributed by atoms with E-state index in [2.05, 4.69) is 4.99 Å². The fourth-order valence-electron chi connectivity index (χ4n) is 0.430. The van der Waals surface area contributed by atoms with Gasteiger partial charge in [-0.2, -0.15) is 0 Å². The highest BCUT2D eigenvalue weighted by atomic mass is 31.2. The highest BCUT2D eigenvalue weighted by Crippen LogP contribution is 2.33. The number of carbonyl (C=O) groups is 1. The third-order valence-electron chi connectivity index (χ3n) is 0.785. The average Bonchev–Trinajstić information content (AvgIpc) is 1.79. The Kier molecular flexibility index (Phi) is 3.88. The van der Waals surface area contributed by atoms with E-state index in [1.54, 1.807) is 0 Å². The van der Waals surface area contributed by atoms with Crippen molar-refractivity contribution in [1.29, 1.82) is 0 Å². The van der Waals surface area contributed by atoms with Gasteiger partial charge in [0.15, 0.2) is 0 Å². The summed E-state index contributed by atoms with van der Waals surface area (Å²) in [5.74, 6) is -1.56. The van der Waals surface area contributed by atoms with E-state index in [9.17, 15) is 9.36 Å². The highest BCUT2D eigenvalue weighted by Gasteiger charge is 2.14. The van der Waals surface area contributed by atoms with Gasteiger partial charge in [0, 0.05) is 0 Å².